The Balaban J connectivity index is 1.39. The van der Waals surface area contributed by atoms with E-state index in [1.807, 2.05) is 31.3 Å². The van der Waals surface area contributed by atoms with E-state index in [1.165, 1.54) is 6.07 Å². The summed E-state index contributed by atoms with van der Waals surface area (Å²) >= 11 is 0. The number of hydrogen-bond donors (Lipinski definition) is 2. The highest BCUT2D eigenvalue weighted by Crippen LogP contribution is 2.31. The molecule has 2 N–H and O–H groups in total. The van der Waals surface area contributed by atoms with Crippen LogP contribution in [0.25, 0.3) is 0 Å². The molecule has 10 heteroatoms. The van der Waals surface area contributed by atoms with Gasteiger partial charge in [0.25, 0.3) is 11.8 Å². The van der Waals surface area contributed by atoms with E-state index in [0.717, 1.165) is 22.4 Å². The number of carbonyl (C=O) groups is 4. The highest BCUT2D eigenvalue weighted by molar-refractivity contribution is 6.23. The van der Waals surface area contributed by atoms with Crippen molar-refractivity contribution in [3.05, 3.63) is 53.3 Å². The van der Waals surface area contributed by atoms with Gasteiger partial charge in [-0.3, -0.25) is 29.4 Å². The maximum absolute atomic E-state index is 14.7. The lowest BCUT2D eigenvalue weighted by Gasteiger charge is -2.27. The van der Waals surface area contributed by atoms with Crippen LogP contribution in [0, 0.1) is 5.82 Å². The molecule has 1 fully saturated rings. The second-order valence-electron chi connectivity index (χ2n) is 8.22. The number of piperidine rings is 1. The van der Waals surface area contributed by atoms with Crippen LogP contribution in [0.2, 0.25) is 0 Å². The van der Waals surface area contributed by atoms with E-state index in [0.29, 0.717) is 19.5 Å². The van der Waals surface area contributed by atoms with Gasteiger partial charge in [-0.2, -0.15) is 0 Å². The first-order valence-corrected chi connectivity index (χ1v) is 10.9. The summed E-state index contributed by atoms with van der Waals surface area (Å²) in [4.78, 5) is 52.1. The number of hydrogen-bond acceptors (Lipinski definition) is 7. The van der Waals surface area contributed by atoms with Crippen LogP contribution in [0.5, 0.6) is 5.75 Å². The summed E-state index contributed by atoms with van der Waals surface area (Å²) in [7, 11) is 3.56. The maximum atomic E-state index is 14.7. The van der Waals surface area contributed by atoms with Gasteiger partial charge < -0.3 is 15.0 Å². The molecule has 2 aliphatic rings. The quantitative estimate of drug-likeness (QED) is 0.452. The third-order valence-corrected chi connectivity index (χ3v) is 6.03. The molecule has 0 spiro atoms. The minimum absolute atomic E-state index is 0.0238. The van der Waals surface area contributed by atoms with E-state index in [4.69, 9.17) is 4.74 Å². The van der Waals surface area contributed by atoms with Crippen LogP contribution in [0.4, 0.5) is 15.8 Å². The Morgan fingerprint density at radius 1 is 1.12 bits per heavy atom. The fourth-order valence-corrected chi connectivity index (χ4v) is 4.13. The number of amides is 4. The lowest BCUT2D eigenvalue weighted by molar-refractivity contribution is -0.136. The van der Waals surface area contributed by atoms with Crippen molar-refractivity contribution in [2.45, 2.75) is 25.3 Å². The summed E-state index contributed by atoms with van der Waals surface area (Å²) in [6.07, 6.45) is 0.760. The number of nitrogens with one attached hydrogen (secondary N) is 2. The number of ether oxygens (including phenoxy) is 1. The molecule has 178 valence electrons. The summed E-state index contributed by atoms with van der Waals surface area (Å²) in [5.74, 6) is -2.44. The summed E-state index contributed by atoms with van der Waals surface area (Å²) in [6.45, 7) is 1.14. The van der Waals surface area contributed by atoms with Crippen molar-refractivity contribution in [1.82, 2.24) is 10.2 Å². The summed E-state index contributed by atoms with van der Waals surface area (Å²) in [5, 5.41) is 5.12. The van der Waals surface area contributed by atoms with Gasteiger partial charge in [0.1, 0.15) is 17.6 Å². The number of methoxy groups -OCH3 is 1. The van der Waals surface area contributed by atoms with Gasteiger partial charge in [-0.1, -0.05) is 0 Å². The molecule has 9 nitrogen and oxygen atoms in total. The topological polar surface area (TPSA) is 108 Å². The van der Waals surface area contributed by atoms with Gasteiger partial charge in [0, 0.05) is 32.2 Å². The van der Waals surface area contributed by atoms with Crippen LogP contribution in [0.15, 0.2) is 36.4 Å². The average molecular weight is 468 g/mol. The molecule has 2 aliphatic heterocycles. The Morgan fingerprint density at radius 2 is 1.79 bits per heavy atom. The monoisotopic (exact) mass is 468 g/mol. The number of nitrogens with zero attached hydrogens (tertiary/aromatic N) is 2. The molecule has 34 heavy (non-hydrogen) atoms. The van der Waals surface area contributed by atoms with Gasteiger partial charge in [-0.05, 0) is 49.2 Å². The molecule has 4 rings (SSSR count). The van der Waals surface area contributed by atoms with E-state index in [-0.39, 0.29) is 29.7 Å². The Labute approximate surface area is 195 Å². The lowest BCUT2D eigenvalue weighted by Crippen LogP contribution is -2.54. The van der Waals surface area contributed by atoms with E-state index in [9.17, 15) is 23.6 Å². The molecule has 0 aromatic heterocycles. The van der Waals surface area contributed by atoms with Crippen molar-refractivity contribution < 1.29 is 28.3 Å². The normalized spacial score (nSPS) is 17.5. The zero-order valence-electron chi connectivity index (χ0n) is 18.9. The fourth-order valence-electron chi connectivity index (χ4n) is 4.13. The van der Waals surface area contributed by atoms with Gasteiger partial charge in [-0.25, -0.2) is 4.39 Å². The van der Waals surface area contributed by atoms with Gasteiger partial charge in [0.15, 0.2) is 0 Å². The van der Waals surface area contributed by atoms with Crippen molar-refractivity contribution in [2.75, 3.05) is 37.5 Å². The SMILES string of the molecule is COc1ccc(N(C)CCCNc2cc3c(cc2F)C(=O)N(C2CCC(=O)NC2=O)C3=O)cc1. The zero-order chi connectivity index (χ0) is 24.4. The molecule has 1 unspecified atom stereocenters. The fraction of sp³-hybridized carbons (Fsp3) is 0.333. The van der Waals surface area contributed by atoms with E-state index < -0.39 is 35.5 Å². The number of fused-ring (bicyclic) bond motifs is 1. The summed E-state index contributed by atoms with van der Waals surface area (Å²) in [6, 6.07) is 8.89. The second kappa shape index (κ2) is 9.50. The minimum atomic E-state index is -1.09. The molecule has 0 saturated carbocycles. The van der Waals surface area contributed by atoms with Crippen LogP contribution >= 0.6 is 0 Å². The molecule has 0 aliphatic carbocycles. The average Bonchev–Trinajstić information content (AvgIpc) is 3.06. The van der Waals surface area contributed by atoms with Gasteiger partial charge in [0.05, 0.1) is 23.9 Å². The molecular weight excluding hydrogens is 443 g/mol. The predicted molar refractivity (Wildman–Crippen MR) is 122 cm³/mol. The van der Waals surface area contributed by atoms with Crippen molar-refractivity contribution in [2.24, 2.45) is 0 Å². The predicted octanol–water partition coefficient (Wildman–Crippen LogP) is 2.17. The first kappa shape index (κ1) is 23.2. The highest BCUT2D eigenvalue weighted by Gasteiger charge is 2.45. The molecule has 2 aromatic rings. The van der Waals surface area contributed by atoms with Gasteiger partial charge >= 0.3 is 0 Å². The van der Waals surface area contributed by atoms with Gasteiger partial charge in [0.2, 0.25) is 11.8 Å². The first-order chi connectivity index (χ1) is 16.3. The van der Waals surface area contributed by atoms with Crippen LogP contribution in [0.1, 0.15) is 40.0 Å². The number of anilines is 2. The summed E-state index contributed by atoms with van der Waals surface area (Å²) in [5.41, 5.74) is 1.07. The molecule has 2 aromatic carbocycles. The Morgan fingerprint density at radius 3 is 2.44 bits per heavy atom. The molecule has 0 bridgehead atoms. The number of halogens is 1. The number of imide groups is 2. The number of carbonyl (C=O) groups excluding carboxylic acids is 4. The number of benzene rings is 2. The summed E-state index contributed by atoms with van der Waals surface area (Å²) < 4.78 is 19.8. The Bertz CT molecular complexity index is 1150. The standard InChI is InChI=1S/C24H25FN4O5/c1-28(14-4-6-15(34-2)7-5-14)11-3-10-26-19-13-17-16(12-18(19)25)23(32)29(24(17)33)20-8-9-21(30)27-22(20)31/h4-7,12-13,20,26H,3,8-11H2,1-2H3,(H,27,30,31). The van der Waals surface area contributed by atoms with Crippen molar-refractivity contribution in [3.8, 4) is 5.75 Å². The van der Waals surface area contributed by atoms with Crippen LogP contribution < -0.4 is 20.3 Å². The van der Waals surface area contributed by atoms with E-state index in [1.54, 1.807) is 7.11 Å². The van der Waals surface area contributed by atoms with Crippen molar-refractivity contribution in [3.63, 3.8) is 0 Å². The smallest absolute Gasteiger partial charge is 0.262 e. The van der Waals surface area contributed by atoms with E-state index >= 15 is 0 Å². The van der Waals surface area contributed by atoms with Crippen LogP contribution in [-0.2, 0) is 9.59 Å². The van der Waals surface area contributed by atoms with Gasteiger partial charge in [-0.15, -0.1) is 0 Å². The van der Waals surface area contributed by atoms with Crippen molar-refractivity contribution in [1.29, 1.82) is 0 Å². The molecule has 4 amide bonds. The highest BCUT2D eigenvalue weighted by atomic mass is 19.1. The van der Waals surface area contributed by atoms with Crippen LogP contribution in [-0.4, -0.2) is 61.8 Å². The molecule has 0 radical (unpaired) electrons. The third kappa shape index (κ3) is 4.43. The largest absolute Gasteiger partial charge is 0.497 e. The maximum Gasteiger partial charge on any atom is 0.262 e. The Hall–Kier alpha value is -3.95. The number of rotatable bonds is 8. The molecule has 1 saturated heterocycles. The third-order valence-electron chi connectivity index (χ3n) is 6.03. The van der Waals surface area contributed by atoms with Crippen molar-refractivity contribution >= 4 is 35.0 Å². The van der Waals surface area contributed by atoms with Crippen LogP contribution in [0.3, 0.4) is 0 Å². The minimum Gasteiger partial charge on any atom is -0.497 e. The lowest BCUT2D eigenvalue weighted by atomic mass is 10.0. The second-order valence-corrected chi connectivity index (χ2v) is 8.22. The molecule has 1 atom stereocenters. The first-order valence-electron chi connectivity index (χ1n) is 10.9. The zero-order valence-corrected chi connectivity index (χ0v) is 18.9. The van der Waals surface area contributed by atoms with E-state index in [2.05, 4.69) is 15.5 Å². The molecular formula is C24H25FN4O5. The molecule has 2 heterocycles. The Kier molecular flexibility index (Phi) is 6.49.